The maximum atomic E-state index is 13.4. The molecule has 0 bridgehead atoms. The van der Waals surface area contributed by atoms with Crippen molar-refractivity contribution in [2.75, 3.05) is 21.3 Å². The number of benzene rings is 2. The highest BCUT2D eigenvalue weighted by atomic mass is 19.1. The molecule has 3 aromatic rings. The monoisotopic (exact) mass is 412 g/mol. The topological polar surface area (TPSA) is 78.9 Å². The molecule has 0 atom stereocenters. The van der Waals surface area contributed by atoms with Gasteiger partial charge >= 0.3 is 0 Å². The van der Waals surface area contributed by atoms with E-state index in [1.807, 2.05) is 0 Å². The third-order valence-corrected chi connectivity index (χ3v) is 4.25. The van der Waals surface area contributed by atoms with Crippen LogP contribution in [0.5, 0.6) is 28.9 Å². The third-order valence-electron chi connectivity index (χ3n) is 4.25. The summed E-state index contributed by atoms with van der Waals surface area (Å²) in [6, 6.07) is 12.3. The lowest BCUT2D eigenvalue weighted by Crippen LogP contribution is -2.24. The van der Waals surface area contributed by atoms with Crippen molar-refractivity contribution in [3.05, 3.63) is 71.7 Å². The summed E-state index contributed by atoms with van der Waals surface area (Å²) in [6.07, 6.45) is 1.55. The number of ether oxygens (including phenoxy) is 4. The second kappa shape index (κ2) is 9.60. The first-order valence-corrected chi connectivity index (χ1v) is 9.01. The largest absolute Gasteiger partial charge is 0.496 e. The van der Waals surface area contributed by atoms with Crippen molar-refractivity contribution in [3.8, 4) is 28.9 Å². The fraction of sp³-hybridized carbons (Fsp3) is 0.182. The summed E-state index contributed by atoms with van der Waals surface area (Å²) in [5.41, 5.74) is 0.904. The number of nitrogens with zero attached hydrogens (tertiary/aromatic N) is 1. The molecule has 30 heavy (non-hydrogen) atoms. The Balaban J connectivity index is 1.78. The number of rotatable bonds is 8. The van der Waals surface area contributed by atoms with Gasteiger partial charge < -0.3 is 24.3 Å². The first kappa shape index (κ1) is 20.9. The smallest absolute Gasteiger partial charge is 0.255 e. The number of halogens is 1. The van der Waals surface area contributed by atoms with E-state index in [4.69, 9.17) is 18.9 Å². The Bertz CT molecular complexity index is 1040. The van der Waals surface area contributed by atoms with E-state index in [-0.39, 0.29) is 23.9 Å². The van der Waals surface area contributed by atoms with Crippen LogP contribution in [0.1, 0.15) is 15.9 Å². The van der Waals surface area contributed by atoms with Crippen LogP contribution in [0.25, 0.3) is 0 Å². The van der Waals surface area contributed by atoms with E-state index in [0.29, 0.717) is 28.6 Å². The minimum Gasteiger partial charge on any atom is -0.496 e. The molecular weight excluding hydrogens is 391 g/mol. The van der Waals surface area contributed by atoms with E-state index in [9.17, 15) is 9.18 Å². The summed E-state index contributed by atoms with van der Waals surface area (Å²) in [5.74, 6) is 0.967. The molecule has 1 heterocycles. The summed E-state index contributed by atoms with van der Waals surface area (Å²) in [5, 5.41) is 2.81. The minimum absolute atomic E-state index is 0.134. The van der Waals surface area contributed by atoms with Gasteiger partial charge in [-0.1, -0.05) is 12.1 Å². The van der Waals surface area contributed by atoms with Crippen molar-refractivity contribution in [2.45, 2.75) is 6.54 Å². The molecule has 7 nitrogen and oxygen atoms in total. The maximum Gasteiger partial charge on any atom is 0.255 e. The number of carbonyl (C=O) groups excluding carboxylic acids is 1. The predicted octanol–water partition coefficient (Wildman–Crippen LogP) is 3.97. The third kappa shape index (κ3) is 4.78. The van der Waals surface area contributed by atoms with Gasteiger partial charge in [0, 0.05) is 36.5 Å². The zero-order valence-corrected chi connectivity index (χ0v) is 16.8. The number of nitrogens with one attached hydrogen (secondary N) is 1. The molecule has 2 aromatic carbocycles. The van der Waals surface area contributed by atoms with E-state index in [1.165, 1.54) is 33.5 Å². The van der Waals surface area contributed by atoms with E-state index in [2.05, 4.69) is 10.3 Å². The van der Waals surface area contributed by atoms with Crippen LogP contribution in [0.15, 0.2) is 54.7 Å². The van der Waals surface area contributed by atoms with Crippen LogP contribution in [-0.2, 0) is 6.54 Å². The molecule has 0 fully saturated rings. The Morgan fingerprint density at radius 1 is 0.967 bits per heavy atom. The first-order chi connectivity index (χ1) is 14.5. The average molecular weight is 412 g/mol. The van der Waals surface area contributed by atoms with Gasteiger partial charge in [-0.15, -0.1) is 0 Å². The molecular formula is C22H21FN2O5. The van der Waals surface area contributed by atoms with Crippen LogP contribution in [0, 0.1) is 5.82 Å². The second-order valence-corrected chi connectivity index (χ2v) is 6.12. The molecule has 0 saturated heterocycles. The Morgan fingerprint density at radius 2 is 1.70 bits per heavy atom. The minimum atomic E-state index is -0.418. The number of methoxy groups -OCH3 is 3. The standard InChI is InChI=1S/C22H21FN2O5/c1-27-18-12-20(29-3)19(28-2)11-17(18)21(26)25-13-14-6-5-9-24-22(14)30-16-8-4-7-15(23)10-16/h4-12H,13H2,1-3H3,(H,25,26). The van der Waals surface area contributed by atoms with Gasteiger partial charge in [-0.2, -0.15) is 0 Å². The van der Waals surface area contributed by atoms with E-state index in [1.54, 1.807) is 42.6 Å². The van der Waals surface area contributed by atoms with Gasteiger partial charge in [0.1, 0.15) is 17.3 Å². The van der Waals surface area contributed by atoms with Gasteiger partial charge in [0.2, 0.25) is 5.88 Å². The lowest BCUT2D eigenvalue weighted by atomic mass is 10.1. The Labute approximate surface area is 173 Å². The van der Waals surface area contributed by atoms with E-state index >= 15 is 0 Å². The van der Waals surface area contributed by atoms with Crippen molar-refractivity contribution >= 4 is 5.91 Å². The molecule has 0 spiro atoms. The highest BCUT2D eigenvalue weighted by Crippen LogP contribution is 2.34. The van der Waals surface area contributed by atoms with Gasteiger partial charge in [0.25, 0.3) is 5.91 Å². The lowest BCUT2D eigenvalue weighted by Gasteiger charge is -2.15. The van der Waals surface area contributed by atoms with Gasteiger partial charge in [-0.05, 0) is 18.2 Å². The molecule has 0 aliphatic carbocycles. The van der Waals surface area contributed by atoms with Crippen LogP contribution < -0.4 is 24.3 Å². The molecule has 0 unspecified atom stereocenters. The first-order valence-electron chi connectivity index (χ1n) is 9.01. The Morgan fingerprint density at radius 3 is 2.40 bits per heavy atom. The van der Waals surface area contributed by atoms with Gasteiger partial charge in [-0.25, -0.2) is 9.37 Å². The summed E-state index contributed by atoms with van der Waals surface area (Å²) >= 11 is 0. The fourth-order valence-electron chi connectivity index (χ4n) is 2.77. The predicted molar refractivity (Wildman–Crippen MR) is 108 cm³/mol. The Hall–Kier alpha value is -3.81. The second-order valence-electron chi connectivity index (χ2n) is 6.12. The molecule has 1 N–H and O–H groups in total. The number of pyridine rings is 1. The van der Waals surface area contributed by atoms with Crippen molar-refractivity contribution in [1.82, 2.24) is 10.3 Å². The van der Waals surface area contributed by atoms with Crippen LogP contribution in [0.2, 0.25) is 0 Å². The number of hydrogen-bond acceptors (Lipinski definition) is 6. The van der Waals surface area contributed by atoms with Crippen molar-refractivity contribution in [3.63, 3.8) is 0 Å². The molecule has 1 aromatic heterocycles. The molecule has 0 aliphatic heterocycles. The summed E-state index contributed by atoms with van der Waals surface area (Å²) in [4.78, 5) is 17.0. The quantitative estimate of drug-likeness (QED) is 0.603. The van der Waals surface area contributed by atoms with Crippen molar-refractivity contribution < 1.29 is 28.1 Å². The summed E-state index contributed by atoms with van der Waals surface area (Å²) in [6.45, 7) is 0.134. The number of amides is 1. The SMILES string of the molecule is COc1cc(OC)c(C(=O)NCc2cccnc2Oc2cccc(F)c2)cc1OC. The van der Waals surface area contributed by atoms with Gasteiger partial charge in [-0.3, -0.25) is 4.79 Å². The zero-order valence-electron chi connectivity index (χ0n) is 16.8. The molecule has 0 saturated carbocycles. The number of aromatic nitrogens is 1. The molecule has 1 amide bonds. The molecule has 156 valence electrons. The van der Waals surface area contributed by atoms with Crippen molar-refractivity contribution in [2.24, 2.45) is 0 Å². The average Bonchev–Trinajstić information content (AvgIpc) is 2.77. The number of hydrogen-bond donors (Lipinski definition) is 1. The lowest BCUT2D eigenvalue weighted by molar-refractivity contribution is 0.0947. The van der Waals surface area contributed by atoms with Gasteiger partial charge in [0.05, 0.1) is 26.9 Å². The van der Waals surface area contributed by atoms with Crippen LogP contribution >= 0.6 is 0 Å². The Kier molecular flexibility index (Phi) is 6.69. The molecule has 8 heteroatoms. The molecule has 0 radical (unpaired) electrons. The molecule has 0 aliphatic rings. The van der Waals surface area contributed by atoms with Crippen molar-refractivity contribution in [1.29, 1.82) is 0 Å². The normalized spacial score (nSPS) is 10.3. The highest BCUT2D eigenvalue weighted by molar-refractivity contribution is 5.97. The van der Waals surface area contributed by atoms with Crippen LogP contribution in [0.4, 0.5) is 4.39 Å². The highest BCUT2D eigenvalue weighted by Gasteiger charge is 2.18. The van der Waals surface area contributed by atoms with Crippen LogP contribution in [0.3, 0.4) is 0 Å². The molecule has 3 rings (SSSR count). The zero-order chi connectivity index (χ0) is 21.5. The van der Waals surface area contributed by atoms with Gasteiger partial charge in [0.15, 0.2) is 11.5 Å². The van der Waals surface area contributed by atoms with Crippen LogP contribution in [-0.4, -0.2) is 32.2 Å². The fourth-order valence-corrected chi connectivity index (χ4v) is 2.77. The maximum absolute atomic E-state index is 13.4. The van der Waals surface area contributed by atoms with E-state index in [0.717, 1.165) is 0 Å². The summed E-state index contributed by atoms with van der Waals surface area (Å²) in [7, 11) is 4.45. The number of carbonyl (C=O) groups is 1. The van der Waals surface area contributed by atoms with E-state index < -0.39 is 5.82 Å². The summed E-state index contributed by atoms with van der Waals surface area (Å²) < 4.78 is 34.9.